The molecule has 0 saturated carbocycles. The van der Waals surface area contributed by atoms with Crippen LogP contribution in [0.4, 0.5) is 0 Å². The number of benzene rings is 1. The van der Waals surface area contributed by atoms with E-state index in [4.69, 9.17) is 13.9 Å². The Labute approximate surface area is 91.4 Å². The van der Waals surface area contributed by atoms with Crippen molar-refractivity contribution < 1.29 is 18.7 Å². The van der Waals surface area contributed by atoms with Gasteiger partial charge in [0.25, 0.3) is 0 Å². The van der Waals surface area contributed by atoms with Crippen LogP contribution in [-0.2, 0) is 4.74 Å². The standard InChI is InChI=1S/C12H8O4/c13-11-8-4-1-2-5-9(8)15-12(16-11)10-6-3-7-14-10/h1-7,12H. The van der Waals surface area contributed by atoms with Gasteiger partial charge in [0.05, 0.1) is 6.26 Å². The van der Waals surface area contributed by atoms with E-state index in [0.717, 1.165) is 0 Å². The summed E-state index contributed by atoms with van der Waals surface area (Å²) in [5.74, 6) is 0.589. The Kier molecular flexibility index (Phi) is 1.93. The number of fused-ring (bicyclic) bond motifs is 1. The zero-order valence-electron chi connectivity index (χ0n) is 8.25. The van der Waals surface area contributed by atoms with Crippen LogP contribution in [0.5, 0.6) is 5.75 Å². The molecule has 2 aromatic rings. The molecule has 1 aliphatic heterocycles. The summed E-state index contributed by atoms with van der Waals surface area (Å²) in [5.41, 5.74) is 0.435. The van der Waals surface area contributed by atoms with Gasteiger partial charge in [0.15, 0.2) is 5.76 Å². The number of cyclic esters (lactones) is 1. The largest absolute Gasteiger partial charge is 0.461 e. The molecule has 16 heavy (non-hydrogen) atoms. The van der Waals surface area contributed by atoms with Crippen LogP contribution < -0.4 is 4.74 Å². The van der Waals surface area contributed by atoms with Crippen molar-refractivity contribution in [1.82, 2.24) is 0 Å². The van der Waals surface area contributed by atoms with E-state index >= 15 is 0 Å². The first kappa shape index (κ1) is 9.03. The fourth-order valence-corrected chi connectivity index (χ4v) is 1.58. The summed E-state index contributed by atoms with van der Waals surface area (Å²) in [7, 11) is 0. The molecule has 1 aromatic heterocycles. The predicted octanol–water partition coefficient (Wildman–Crippen LogP) is 2.53. The first-order valence-corrected chi connectivity index (χ1v) is 4.84. The summed E-state index contributed by atoms with van der Waals surface area (Å²) in [6.07, 6.45) is 0.713. The highest BCUT2D eigenvalue weighted by Crippen LogP contribution is 2.32. The molecule has 3 rings (SSSR count). The maximum atomic E-state index is 11.6. The molecule has 0 saturated heterocycles. The zero-order chi connectivity index (χ0) is 11.0. The molecule has 0 spiro atoms. The minimum atomic E-state index is -0.794. The van der Waals surface area contributed by atoms with Crippen molar-refractivity contribution in [2.45, 2.75) is 6.29 Å². The number of hydrogen-bond donors (Lipinski definition) is 0. The number of ether oxygens (including phenoxy) is 2. The highest BCUT2D eigenvalue weighted by Gasteiger charge is 2.29. The average Bonchev–Trinajstić information content (AvgIpc) is 2.82. The average molecular weight is 216 g/mol. The number of carbonyl (C=O) groups is 1. The Bertz CT molecular complexity index is 516. The first-order chi connectivity index (χ1) is 7.84. The summed E-state index contributed by atoms with van der Waals surface area (Å²) in [4.78, 5) is 11.6. The second kappa shape index (κ2) is 3.41. The molecule has 80 valence electrons. The lowest BCUT2D eigenvalue weighted by molar-refractivity contribution is -0.0731. The van der Waals surface area contributed by atoms with Gasteiger partial charge in [-0.25, -0.2) is 4.79 Å². The summed E-state index contributed by atoms with van der Waals surface area (Å²) in [6, 6.07) is 10.4. The van der Waals surface area contributed by atoms with Crippen LogP contribution in [0.3, 0.4) is 0 Å². The fourth-order valence-electron chi connectivity index (χ4n) is 1.58. The van der Waals surface area contributed by atoms with Crippen LogP contribution in [-0.4, -0.2) is 5.97 Å². The molecule has 0 amide bonds. The van der Waals surface area contributed by atoms with E-state index in [2.05, 4.69) is 0 Å². The van der Waals surface area contributed by atoms with Gasteiger partial charge in [-0.05, 0) is 24.3 Å². The predicted molar refractivity (Wildman–Crippen MR) is 53.9 cm³/mol. The molecule has 2 heterocycles. The number of para-hydroxylation sites is 1. The zero-order valence-corrected chi connectivity index (χ0v) is 8.25. The van der Waals surface area contributed by atoms with Gasteiger partial charge in [0.1, 0.15) is 11.3 Å². The van der Waals surface area contributed by atoms with E-state index in [1.807, 2.05) is 0 Å². The molecule has 0 radical (unpaired) electrons. The van der Waals surface area contributed by atoms with Gasteiger partial charge in [-0.2, -0.15) is 0 Å². The molecular formula is C12H8O4. The van der Waals surface area contributed by atoms with Crippen molar-refractivity contribution in [2.75, 3.05) is 0 Å². The smallest absolute Gasteiger partial charge is 0.345 e. The molecule has 4 nitrogen and oxygen atoms in total. The molecule has 1 aliphatic rings. The number of hydrogen-bond acceptors (Lipinski definition) is 4. The second-order valence-corrected chi connectivity index (χ2v) is 3.37. The summed E-state index contributed by atoms with van der Waals surface area (Å²) in [6.45, 7) is 0. The quantitative estimate of drug-likeness (QED) is 0.687. The number of esters is 1. The van der Waals surface area contributed by atoms with Crippen LogP contribution in [0, 0.1) is 0 Å². The van der Waals surface area contributed by atoms with E-state index in [0.29, 0.717) is 17.1 Å². The number of carbonyl (C=O) groups excluding carboxylic acids is 1. The molecule has 1 unspecified atom stereocenters. The van der Waals surface area contributed by atoms with E-state index in [9.17, 15) is 4.79 Å². The van der Waals surface area contributed by atoms with Crippen LogP contribution in [0.15, 0.2) is 47.1 Å². The molecule has 0 N–H and O–H groups in total. The molecule has 0 aliphatic carbocycles. The van der Waals surface area contributed by atoms with Crippen molar-refractivity contribution in [1.29, 1.82) is 0 Å². The third-order valence-electron chi connectivity index (χ3n) is 2.33. The van der Waals surface area contributed by atoms with E-state index in [1.54, 1.807) is 36.4 Å². The van der Waals surface area contributed by atoms with Crippen molar-refractivity contribution in [2.24, 2.45) is 0 Å². The third kappa shape index (κ3) is 1.35. The van der Waals surface area contributed by atoms with E-state index < -0.39 is 12.3 Å². The lowest BCUT2D eigenvalue weighted by Crippen LogP contribution is -2.22. The maximum Gasteiger partial charge on any atom is 0.345 e. The Morgan fingerprint density at radius 3 is 2.69 bits per heavy atom. The molecule has 0 fully saturated rings. The lowest BCUT2D eigenvalue weighted by Gasteiger charge is -2.23. The Hall–Kier alpha value is -2.23. The molecular weight excluding hydrogens is 208 g/mol. The highest BCUT2D eigenvalue weighted by molar-refractivity contribution is 5.93. The van der Waals surface area contributed by atoms with Gasteiger partial charge in [0, 0.05) is 0 Å². The minimum Gasteiger partial charge on any atom is -0.461 e. The Morgan fingerprint density at radius 2 is 1.88 bits per heavy atom. The topological polar surface area (TPSA) is 48.7 Å². The summed E-state index contributed by atoms with van der Waals surface area (Å²) < 4.78 is 15.7. The number of furan rings is 1. The third-order valence-corrected chi connectivity index (χ3v) is 2.33. The summed E-state index contributed by atoms with van der Waals surface area (Å²) in [5, 5.41) is 0. The van der Waals surface area contributed by atoms with Crippen molar-refractivity contribution in [3.8, 4) is 5.75 Å². The molecule has 1 aromatic carbocycles. The van der Waals surface area contributed by atoms with Gasteiger partial charge >= 0.3 is 12.3 Å². The van der Waals surface area contributed by atoms with Crippen LogP contribution in [0.1, 0.15) is 22.4 Å². The lowest BCUT2D eigenvalue weighted by atomic mass is 10.2. The molecule has 4 heteroatoms. The number of rotatable bonds is 1. The fraction of sp³-hybridized carbons (Fsp3) is 0.0833. The van der Waals surface area contributed by atoms with Crippen molar-refractivity contribution in [3.63, 3.8) is 0 Å². The molecule has 0 bridgehead atoms. The Balaban J connectivity index is 1.98. The minimum absolute atomic E-state index is 0.400. The monoisotopic (exact) mass is 216 g/mol. The van der Waals surface area contributed by atoms with Gasteiger partial charge in [-0.3, -0.25) is 0 Å². The van der Waals surface area contributed by atoms with Crippen molar-refractivity contribution in [3.05, 3.63) is 54.0 Å². The van der Waals surface area contributed by atoms with Gasteiger partial charge in [-0.1, -0.05) is 12.1 Å². The SMILES string of the molecule is O=C1OC(c2ccco2)Oc2ccccc21. The summed E-state index contributed by atoms with van der Waals surface area (Å²) >= 11 is 0. The van der Waals surface area contributed by atoms with E-state index in [1.165, 1.54) is 6.26 Å². The van der Waals surface area contributed by atoms with Gasteiger partial charge in [-0.15, -0.1) is 0 Å². The normalized spacial score (nSPS) is 18.5. The van der Waals surface area contributed by atoms with E-state index in [-0.39, 0.29) is 0 Å². The maximum absolute atomic E-state index is 11.6. The van der Waals surface area contributed by atoms with Crippen LogP contribution in [0.25, 0.3) is 0 Å². The second-order valence-electron chi connectivity index (χ2n) is 3.37. The van der Waals surface area contributed by atoms with Crippen molar-refractivity contribution >= 4 is 5.97 Å². The van der Waals surface area contributed by atoms with Gasteiger partial charge < -0.3 is 13.9 Å². The molecule has 1 atom stereocenters. The first-order valence-electron chi connectivity index (χ1n) is 4.84. The Morgan fingerprint density at radius 1 is 1.00 bits per heavy atom. The van der Waals surface area contributed by atoms with Crippen LogP contribution in [0.2, 0.25) is 0 Å². The highest BCUT2D eigenvalue weighted by atomic mass is 16.7. The van der Waals surface area contributed by atoms with Crippen LogP contribution >= 0.6 is 0 Å². The van der Waals surface area contributed by atoms with Gasteiger partial charge in [0.2, 0.25) is 0 Å².